The molecule has 3 heterocycles. The molecule has 0 radical (unpaired) electrons. The fraction of sp³-hybridized carbons (Fsp3) is 0.333. The van der Waals surface area contributed by atoms with Gasteiger partial charge in [-0.1, -0.05) is 5.16 Å². The number of nitrogens with one attached hydrogen (secondary N) is 1. The van der Waals surface area contributed by atoms with E-state index in [1.807, 2.05) is 43.1 Å². The quantitative estimate of drug-likeness (QED) is 0.722. The standard InChI is InChI=1S/C15H18N4O2S/c1-19(2)12(13-4-3-6-20-13)8-16-9-14-17-15(18-21-14)11-5-7-22-10-11/h3-7,10,12,16H,8-9H2,1-2H3. The molecular formula is C15H18N4O2S. The van der Waals surface area contributed by atoms with Crippen molar-refractivity contribution in [1.82, 2.24) is 20.4 Å². The lowest BCUT2D eigenvalue weighted by Gasteiger charge is -2.22. The van der Waals surface area contributed by atoms with E-state index in [0.29, 0.717) is 18.3 Å². The van der Waals surface area contributed by atoms with Gasteiger partial charge < -0.3 is 14.3 Å². The van der Waals surface area contributed by atoms with Gasteiger partial charge in [-0.3, -0.25) is 4.90 Å². The summed E-state index contributed by atoms with van der Waals surface area (Å²) in [7, 11) is 4.05. The van der Waals surface area contributed by atoms with Gasteiger partial charge >= 0.3 is 0 Å². The first-order valence-electron chi connectivity index (χ1n) is 6.99. The molecule has 116 valence electrons. The van der Waals surface area contributed by atoms with Gasteiger partial charge in [0.05, 0.1) is 18.8 Å². The maximum absolute atomic E-state index is 5.48. The minimum atomic E-state index is 0.161. The van der Waals surface area contributed by atoms with Crippen LogP contribution in [-0.2, 0) is 6.54 Å². The molecule has 0 bridgehead atoms. The molecule has 0 aliphatic rings. The zero-order chi connectivity index (χ0) is 15.4. The Bertz CT molecular complexity index is 676. The Morgan fingerprint density at radius 3 is 2.95 bits per heavy atom. The van der Waals surface area contributed by atoms with Crippen molar-refractivity contribution in [1.29, 1.82) is 0 Å². The molecule has 0 aromatic carbocycles. The van der Waals surface area contributed by atoms with Crippen LogP contribution in [0.2, 0.25) is 0 Å². The Hall–Kier alpha value is -1.96. The van der Waals surface area contributed by atoms with Crippen molar-refractivity contribution in [2.45, 2.75) is 12.6 Å². The molecule has 0 saturated carbocycles. The van der Waals surface area contributed by atoms with Gasteiger partial charge in [0.15, 0.2) is 0 Å². The predicted molar refractivity (Wildman–Crippen MR) is 84.5 cm³/mol. The number of hydrogen-bond acceptors (Lipinski definition) is 7. The first-order valence-corrected chi connectivity index (χ1v) is 7.94. The largest absolute Gasteiger partial charge is 0.468 e. The van der Waals surface area contributed by atoms with Crippen LogP contribution in [0.1, 0.15) is 17.7 Å². The Balaban J connectivity index is 1.56. The maximum atomic E-state index is 5.48. The van der Waals surface area contributed by atoms with Crippen molar-refractivity contribution in [3.05, 3.63) is 46.9 Å². The summed E-state index contributed by atoms with van der Waals surface area (Å²) in [5.74, 6) is 2.15. The number of aromatic nitrogens is 2. The minimum absolute atomic E-state index is 0.161. The lowest BCUT2D eigenvalue weighted by atomic mass is 10.2. The number of hydrogen-bond donors (Lipinski definition) is 1. The van der Waals surface area contributed by atoms with Crippen molar-refractivity contribution in [3.8, 4) is 11.4 Å². The summed E-state index contributed by atoms with van der Waals surface area (Å²) in [6, 6.07) is 6.02. The van der Waals surface area contributed by atoms with Crippen molar-refractivity contribution in [3.63, 3.8) is 0 Å². The van der Waals surface area contributed by atoms with E-state index in [-0.39, 0.29) is 6.04 Å². The second-order valence-corrected chi connectivity index (χ2v) is 5.93. The lowest BCUT2D eigenvalue weighted by molar-refractivity contribution is 0.246. The fourth-order valence-corrected chi connectivity index (χ4v) is 2.80. The summed E-state index contributed by atoms with van der Waals surface area (Å²) in [6.07, 6.45) is 1.69. The van der Waals surface area contributed by atoms with Crippen molar-refractivity contribution in [2.24, 2.45) is 0 Å². The summed E-state index contributed by atoms with van der Waals surface area (Å²) in [6.45, 7) is 1.26. The van der Waals surface area contributed by atoms with Crippen LogP contribution in [0.3, 0.4) is 0 Å². The molecule has 0 saturated heterocycles. The van der Waals surface area contributed by atoms with Crippen LogP contribution in [0.4, 0.5) is 0 Å². The summed E-state index contributed by atoms with van der Waals surface area (Å²) in [4.78, 5) is 6.49. The summed E-state index contributed by atoms with van der Waals surface area (Å²) >= 11 is 1.61. The number of nitrogens with zero attached hydrogens (tertiary/aromatic N) is 3. The van der Waals surface area contributed by atoms with Gasteiger partial charge in [0, 0.05) is 17.5 Å². The smallest absolute Gasteiger partial charge is 0.240 e. The fourth-order valence-electron chi connectivity index (χ4n) is 2.17. The van der Waals surface area contributed by atoms with Crippen LogP contribution in [0.25, 0.3) is 11.4 Å². The number of likely N-dealkylation sites (N-methyl/N-ethyl adjacent to an activating group) is 1. The molecule has 0 aliphatic heterocycles. The highest BCUT2D eigenvalue weighted by molar-refractivity contribution is 7.08. The zero-order valence-corrected chi connectivity index (χ0v) is 13.3. The molecule has 1 unspecified atom stereocenters. The first-order chi connectivity index (χ1) is 10.7. The molecule has 0 amide bonds. The molecule has 3 aromatic rings. The highest BCUT2D eigenvalue weighted by Crippen LogP contribution is 2.19. The number of thiophene rings is 1. The molecule has 3 aromatic heterocycles. The predicted octanol–water partition coefficient (Wildman–Crippen LogP) is 2.78. The average molecular weight is 318 g/mol. The highest BCUT2D eigenvalue weighted by Gasteiger charge is 2.17. The molecule has 1 N–H and O–H groups in total. The normalized spacial score (nSPS) is 12.9. The van der Waals surface area contributed by atoms with E-state index in [0.717, 1.165) is 17.9 Å². The molecular weight excluding hydrogens is 300 g/mol. The summed E-state index contributed by atoms with van der Waals surface area (Å²) in [5.41, 5.74) is 0.988. The highest BCUT2D eigenvalue weighted by atomic mass is 32.1. The van der Waals surface area contributed by atoms with Crippen LogP contribution >= 0.6 is 11.3 Å². The third kappa shape index (κ3) is 3.44. The van der Waals surface area contributed by atoms with E-state index >= 15 is 0 Å². The minimum Gasteiger partial charge on any atom is -0.468 e. The number of rotatable bonds is 7. The van der Waals surface area contributed by atoms with E-state index in [4.69, 9.17) is 8.94 Å². The molecule has 3 rings (SSSR count). The second-order valence-electron chi connectivity index (χ2n) is 5.15. The molecule has 0 aliphatic carbocycles. The van der Waals surface area contributed by atoms with Crippen LogP contribution in [-0.4, -0.2) is 35.7 Å². The average Bonchev–Trinajstić information content (AvgIpc) is 3.23. The Kier molecular flexibility index (Phi) is 4.67. The third-order valence-corrected chi connectivity index (χ3v) is 4.04. The van der Waals surface area contributed by atoms with Gasteiger partial charge in [0.25, 0.3) is 0 Å². The monoisotopic (exact) mass is 318 g/mol. The van der Waals surface area contributed by atoms with Crippen LogP contribution in [0.15, 0.2) is 44.2 Å². The van der Waals surface area contributed by atoms with Gasteiger partial charge in [-0.15, -0.1) is 0 Å². The van der Waals surface area contributed by atoms with E-state index in [2.05, 4.69) is 20.4 Å². The van der Waals surface area contributed by atoms with Crippen molar-refractivity contribution >= 4 is 11.3 Å². The van der Waals surface area contributed by atoms with E-state index in [1.165, 1.54) is 0 Å². The summed E-state index contributed by atoms with van der Waals surface area (Å²) in [5, 5.41) is 11.3. The lowest BCUT2D eigenvalue weighted by Crippen LogP contribution is -2.30. The van der Waals surface area contributed by atoms with E-state index in [9.17, 15) is 0 Å². The van der Waals surface area contributed by atoms with Crippen LogP contribution in [0.5, 0.6) is 0 Å². The van der Waals surface area contributed by atoms with Gasteiger partial charge in [-0.25, -0.2) is 0 Å². The van der Waals surface area contributed by atoms with Gasteiger partial charge in [-0.2, -0.15) is 16.3 Å². The molecule has 22 heavy (non-hydrogen) atoms. The second kappa shape index (κ2) is 6.87. The summed E-state index contributed by atoms with van der Waals surface area (Å²) < 4.78 is 10.7. The molecule has 6 nitrogen and oxygen atoms in total. The van der Waals surface area contributed by atoms with E-state index < -0.39 is 0 Å². The van der Waals surface area contributed by atoms with Crippen molar-refractivity contribution < 1.29 is 8.94 Å². The maximum Gasteiger partial charge on any atom is 0.240 e. The van der Waals surface area contributed by atoms with Crippen LogP contribution in [0, 0.1) is 0 Å². The van der Waals surface area contributed by atoms with E-state index in [1.54, 1.807) is 17.6 Å². The Morgan fingerprint density at radius 2 is 2.27 bits per heavy atom. The molecule has 1 atom stereocenters. The van der Waals surface area contributed by atoms with Crippen molar-refractivity contribution in [2.75, 3.05) is 20.6 Å². The van der Waals surface area contributed by atoms with Gasteiger partial charge in [0.2, 0.25) is 11.7 Å². The van der Waals surface area contributed by atoms with Gasteiger partial charge in [0.1, 0.15) is 5.76 Å². The molecule has 7 heteroatoms. The Labute approximate surface area is 132 Å². The molecule has 0 fully saturated rings. The molecule has 0 spiro atoms. The zero-order valence-electron chi connectivity index (χ0n) is 12.5. The first kappa shape index (κ1) is 15.0. The topological polar surface area (TPSA) is 67.3 Å². The van der Waals surface area contributed by atoms with Crippen LogP contribution < -0.4 is 5.32 Å². The third-order valence-electron chi connectivity index (χ3n) is 3.36. The number of furan rings is 1. The SMILES string of the molecule is CN(C)C(CNCc1nc(-c2ccsc2)no1)c1ccco1. The Morgan fingerprint density at radius 1 is 1.36 bits per heavy atom. The van der Waals surface area contributed by atoms with Gasteiger partial charge in [-0.05, 0) is 37.7 Å².